The molecule has 0 spiro atoms. The largest absolute Gasteiger partial charge is 0.448 e. The lowest BCUT2D eigenvalue weighted by Crippen LogP contribution is -2.30. The molecule has 150 valence electrons. The molecule has 28 heavy (non-hydrogen) atoms. The van der Waals surface area contributed by atoms with Crippen molar-refractivity contribution in [2.24, 2.45) is 5.92 Å². The molecule has 0 bridgehead atoms. The molecule has 6 nitrogen and oxygen atoms in total. The summed E-state index contributed by atoms with van der Waals surface area (Å²) in [7, 11) is 0. The van der Waals surface area contributed by atoms with Gasteiger partial charge in [0, 0.05) is 17.6 Å². The number of esters is 1. The highest BCUT2D eigenvalue weighted by Crippen LogP contribution is 2.25. The molecule has 1 atom stereocenters. The molecule has 0 radical (unpaired) electrons. The van der Waals surface area contributed by atoms with Crippen LogP contribution in [0.4, 0.5) is 10.8 Å². The van der Waals surface area contributed by atoms with Crippen LogP contribution >= 0.6 is 11.3 Å². The van der Waals surface area contributed by atoms with Gasteiger partial charge in [0.1, 0.15) is 0 Å². The Hall–Kier alpha value is -2.41. The highest BCUT2D eigenvalue weighted by Gasteiger charge is 2.21. The van der Waals surface area contributed by atoms with E-state index in [2.05, 4.69) is 35.5 Å². The fourth-order valence-corrected chi connectivity index (χ4v) is 3.79. The number of rotatable bonds is 8. The zero-order valence-corrected chi connectivity index (χ0v) is 17.4. The van der Waals surface area contributed by atoms with E-state index >= 15 is 0 Å². The molecular formula is C21H27N3O3S. The molecule has 1 amide bonds. The van der Waals surface area contributed by atoms with Gasteiger partial charge in [-0.3, -0.25) is 4.79 Å². The normalized spacial score (nSPS) is 13.9. The summed E-state index contributed by atoms with van der Waals surface area (Å²) in [6.45, 7) is 6.68. The monoisotopic (exact) mass is 401 g/mol. The fourth-order valence-electron chi connectivity index (χ4n) is 3.08. The van der Waals surface area contributed by atoms with E-state index in [0.717, 1.165) is 37.9 Å². The standard InChI is InChI=1S/C21H27N3O3S/c1-13(2)9-10-22-21-24-18(12-28-21)20(26)27-14(3)19(25)23-17-8-7-15-5-4-6-16(15)11-17/h7-8,11-14H,4-6,9-10H2,1-3H3,(H,22,24)(H,23,25)/t14-/m1/s1. The van der Waals surface area contributed by atoms with Crippen molar-refractivity contribution in [3.05, 3.63) is 40.4 Å². The van der Waals surface area contributed by atoms with Crippen molar-refractivity contribution in [2.45, 2.75) is 52.6 Å². The maximum Gasteiger partial charge on any atom is 0.358 e. The number of amides is 1. The Morgan fingerprint density at radius 3 is 2.79 bits per heavy atom. The van der Waals surface area contributed by atoms with Gasteiger partial charge in [-0.15, -0.1) is 11.3 Å². The summed E-state index contributed by atoms with van der Waals surface area (Å²) in [4.78, 5) is 28.9. The molecule has 1 heterocycles. The summed E-state index contributed by atoms with van der Waals surface area (Å²) in [6, 6.07) is 5.95. The van der Waals surface area contributed by atoms with Gasteiger partial charge in [-0.05, 0) is 61.8 Å². The minimum atomic E-state index is -0.903. The Kier molecular flexibility index (Phi) is 6.67. The maximum atomic E-state index is 12.4. The number of aromatic nitrogens is 1. The Morgan fingerprint density at radius 2 is 2.00 bits per heavy atom. The summed E-state index contributed by atoms with van der Waals surface area (Å²) in [5.74, 6) is -0.344. The zero-order valence-electron chi connectivity index (χ0n) is 16.6. The second-order valence-corrected chi connectivity index (χ2v) is 8.38. The van der Waals surface area contributed by atoms with Crippen molar-refractivity contribution in [1.82, 2.24) is 4.98 Å². The van der Waals surface area contributed by atoms with Crippen LogP contribution in [0, 0.1) is 5.92 Å². The van der Waals surface area contributed by atoms with Crippen LogP contribution in [0.15, 0.2) is 23.6 Å². The van der Waals surface area contributed by atoms with Gasteiger partial charge in [0.05, 0.1) is 0 Å². The number of nitrogens with one attached hydrogen (secondary N) is 2. The number of nitrogens with zero attached hydrogens (tertiary/aromatic N) is 1. The van der Waals surface area contributed by atoms with E-state index in [1.54, 1.807) is 12.3 Å². The molecule has 0 saturated heterocycles. The number of thiazole rings is 1. The van der Waals surface area contributed by atoms with Crippen LogP contribution in [0.1, 0.15) is 55.2 Å². The van der Waals surface area contributed by atoms with Gasteiger partial charge in [0.15, 0.2) is 16.9 Å². The van der Waals surface area contributed by atoms with Crippen molar-refractivity contribution >= 4 is 34.0 Å². The molecule has 7 heteroatoms. The summed E-state index contributed by atoms with van der Waals surface area (Å²) in [5, 5.41) is 8.35. The van der Waals surface area contributed by atoms with E-state index in [0.29, 0.717) is 11.0 Å². The molecule has 0 aliphatic heterocycles. The molecular weight excluding hydrogens is 374 g/mol. The Labute approximate surface area is 169 Å². The van der Waals surface area contributed by atoms with E-state index < -0.39 is 12.1 Å². The first-order chi connectivity index (χ1) is 13.4. The molecule has 1 aliphatic rings. The number of aryl methyl sites for hydroxylation is 2. The second kappa shape index (κ2) is 9.19. The minimum Gasteiger partial charge on any atom is -0.448 e. The number of hydrogen-bond acceptors (Lipinski definition) is 6. The predicted molar refractivity (Wildman–Crippen MR) is 112 cm³/mol. The van der Waals surface area contributed by atoms with Crippen LogP contribution in [0.5, 0.6) is 0 Å². The molecule has 2 aromatic rings. The maximum absolute atomic E-state index is 12.4. The van der Waals surface area contributed by atoms with Crippen molar-refractivity contribution in [2.75, 3.05) is 17.2 Å². The summed E-state index contributed by atoms with van der Waals surface area (Å²) >= 11 is 1.36. The lowest BCUT2D eigenvalue weighted by molar-refractivity contribution is -0.123. The van der Waals surface area contributed by atoms with Crippen molar-refractivity contribution < 1.29 is 14.3 Å². The lowest BCUT2D eigenvalue weighted by atomic mass is 10.1. The first-order valence-electron chi connectivity index (χ1n) is 9.75. The first kappa shape index (κ1) is 20.3. The van der Waals surface area contributed by atoms with Crippen molar-refractivity contribution in [3.63, 3.8) is 0 Å². The number of carbonyl (C=O) groups is 2. The molecule has 1 aromatic heterocycles. The van der Waals surface area contributed by atoms with Gasteiger partial charge in [-0.2, -0.15) is 0 Å². The molecule has 3 rings (SSSR count). The number of anilines is 2. The van der Waals surface area contributed by atoms with E-state index in [1.165, 1.54) is 22.5 Å². The van der Waals surface area contributed by atoms with Crippen LogP contribution in [0.25, 0.3) is 0 Å². The number of benzene rings is 1. The SMILES string of the molecule is CC(C)CCNc1nc(C(=O)O[C@H](C)C(=O)Nc2ccc3c(c2)CCC3)cs1. The molecule has 0 unspecified atom stereocenters. The highest BCUT2D eigenvalue weighted by molar-refractivity contribution is 7.13. The number of ether oxygens (including phenoxy) is 1. The van der Waals surface area contributed by atoms with Gasteiger partial charge in [0.2, 0.25) is 0 Å². The average molecular weight is 402 g/mol. The molecule has 1 aromatic carbocycles. The van der Waals surface area contributed by atoms with E-state index in [1.807, 2.05) is 12.1 Å². The van der Waals surface area contributed by atoms with Crippen LogP contribution in [0.2, 0.25) is 0 Å². The van der Waals surface area contributed by atoms with E-state index in [9.17, 15) is 9.59 Å². The summed E-state index contributed by atoms with van der Waals surface area (Å²) < 4.78 is 5.28. The summed E-state index contributed by atoms with van der Waals surface area (Å²) in [5.41, 5.74) is 3.58. The van der Waals surface area contributed by atoms with Crippen LogP contribution < -0.4 is 10.6 Å². The van der Waals surface area contributed by atoms with Crippen molar-refractivity contribution in [3.8, 4) is 0 Å². The topological polar surface area (TPSA) is 80.3 Å². The van der Waals surface area contributed by atoms with Gasteiger partial charge in [-0.25, -0.2) is 9.78 Å². The molecule has 1 aliphatic carbocycles. The van der Waals surface area contributed by atoms with Crippen LogP contribution in [0.3, 0.4) is 0 Å². The third-order valence-corrected chi connectivity index (χ3v) is 5.53. The number of fused-ring (bicyclic) bond motifs is 1. The van der Waals surface area contributed by atoms with Gasteiger partial charge in [0.25, 0.3) is 5.91 Å². The molecule has 0 fully saturated rings. The Morgan fingerprint density at radius 1 is 1.21 bits per heavy atom. The molecule has 2 N–H and O–H groups in total. The van der Waals surface area contributed by atoms with Crippen LogP contribution in [-0.4, -0.2) is 29.5 Å². The highest BCUT2D eigenvalue weighted by atomic mass is 32.1. The van der Waals surface area contributed by atoms with Gasteiger partial charge < -0.3 is 15.4 Å². The Bertz CT molecular complexity index is 847. The van der Waals surface area contributed by atoms with E-state index in [4.69, 9.17) is 4.74 Å². The second-order valence-electron chi connectivity index (χ2n) is 7.52. The first-order valence-corrected chi connectivity index (χ1v) is 10.6. The smallest absolute Gasteiger partial charge is 0.358 e. The van der Waals surface area contributed by atoms with E-state index in [-0.39, 0.29) is 11.6 Å². The number of hydrogen-bond donors (Lipinski definition) is 2. The van der Waals surface area contributed by atoms with Gasteiger partial charge >= 0.3 is 5.97 Å². The fraction of sp³-hybridized carbons (Fsp3) is 0.476. The minimum absolute atomic E-state index is 0.217. The lowest BCUT2D eigenvalue weighted by Gasteiger charge is -2.13. The van der Waals surface area contributed by atoms with Crippen LogP contribution in [-0.2, 0) is 22.4 Å². The third-order valence-electron chi connectivity index (χ3n) is 4.73. The summed E-state index contributed by atoms with van der Waals surface area (Å²) in [6.07, 6.45) is 3.42. The van der Waals surface area contributed by atoms with Crippen molar-refractivity contribution in [1.29, 1.82) is 0 Å². The quantitative estimate of drug-likeness (QED) is 0.646. The third kappa shape index (κ3) is 5.32. The number of carbonyl (C=O) groups excluding carboxylic acids is 2. The Balaban J connectivity index is 1.51. The average Bonchev–Trinajstić information content (AvgIpc) is 3.30. The zero-order chi connectivity index (χ0) is 20.1. The molecule has 0 saturated carbocycles. The van der Waals surface area contributed by atoms with Gasteiger partial charge in [-0.1, -0.05) is 19.9 Å². The predicted octanol–water partition coefficient (Wildman–Crippen LogP) is 4.27.